The highest BCUT2D eigenvalue weighted by molar-refractivity contribution is 9.10. The quantitative estimate of drug-likeness (QED) is 0.745. The van der Waals surface area contributed by atoms with Crippen molar-refractivity contribution in [3.8, 4) is 0 Å². The lowest BCUT2D eigenvalue weighted by atomic mass is 10.3. The molecule has 0 aliphatic rings. The first-order chi connectivity index (χ1) is 9.24. The zero-order valence-corrected chi connectivity index (χ0v) is 12.1. The van der Waals surface area contributed by atoms with E-state index < -0.39 is 0 Å². The van der Waals surface area contributed by atoms with Crippen molar-refractivity contribution in [2.75, 3.05) is 5.32 Å². The van der Waals surface area contributed by atoms with Gasteiger partial charge in [-0.05, 0) is 27.6 Å². The lowest BCUT2D eigenvalue weighted by Crippen LogP contribution is -2.06. The van der Waals surface area contributed by atoms with Crippen LogP contribution in [-0.4, -0.2) is 19.6 Å². The Labute approximate surface area is 122 Å². The monoisotopic (exact) mass is 337 g/mol. The number of nitrogens with zero attached hydrogens (tertiary/aromatic N) is 4. The third-order valence-electron chi connectivity index (χ3n) is 2.59. The van der Waals surface area contributed by atoms with Crippen LogP contribution in [0.2, 0.25) is 5.15 Å². The SMILES string of the molecule is Clc1cc(NCc2cccnc2)n2ncc(Br)c2n1. The van der Waals surface area contributed by atoms with Crippen molar-refractivity contribution in [3.63, 3.8) is 0 Å². The second kappa shape index (κ2) is 5.14. The predicted octanol–water partition coefficient (Wildman–Crippen LogP) is 3.15. The van der Waals surface area contributed by atoms with Gasteiger partial charge in [0.2, 0.25) is 0 Å². The van der Waals surface area contributed by atoms with Crippen molar-refractivity contribution in [2.45, 2.75) is 6.54 Å². The number of anilines is 1. The normalized spacial score (nSPS) is 10.8. The molecule has 3 heterocycles. The van der Waals surface area contributed by atoms with E-state index in [4.69, 9.17) is 11.6 Å². The lowest BCUT2D eigenvalue weighted by molar-refractivity contribution is 0.924. The Morgan fingerprint density at radius 3 is 3.05 bits per heavy atom. The van der Waals surface area contributed by atoms with Crippen LogP contribution in [0.15, 0.2) is 41.3 Å². The molecule has 0 amide bonds. The Morgan fingerprint density at radius 1 is 1.37 bits per heavy atom. The van der Waals surface area contributed by atoms with Gasteiger partial charge in [-0.3, -0.25) is 4.98 Å². The summed E-state index contributed by atoms with van der Waals surface area (Å²) in [6.45, 7) is 0.640. The topological polar surface area (TPSA) is 55.1 Å². The molecule has 0 unspecified atom stereocenters. The summed E-state index contributed by atoms with van der Waals surface area (Å²) in [5.74, 6) is 0.782. The summed E-state index contributed by atoms with van der Waals surface area (Å²) in [5, 5.41) is 7.93. The van der Waals surface area contributed by atoms with E-state index in [0.717, 1.165) is 15.9 Å². The average molecular weight is 339 g/mol. The Balaban J connectivity index is 1.92. The lowest BCUT2D eigenvalue weighted by Gasteiger charge is -2.08. The molecule has 0 bridgehead atoms. The highest BCUT2D eigenvalue weighted by Gasteiger charge is 2.08. The third kappa shape index (κ3) is 2.54. The van der Waals surface area contributed by atoms with E-state index in [1.165, 1.54) is 0 Å². The Morgan fingerprint density at radius 2 is 2.26 bits per heavy atom. The number of hydrogen-bond donors (Lipinski definition) is 1. The van der Waals surface area contributed by atoms with Crippen molar-refractivity contribution in [3.05, 3.63) is 52.0 Å². The summed E-state index contributed by atoms with van der Waals surface area (Å²) >= 11 is 9.40. The summed E-state index contributed by atoms with van der Waals surface area (Å²) < 4.78 is 2.51. The van der Waals surface area contributed by atoms with Gasteiger partial charge >= 0.3 is 0 Å². The molecule has 19 heavy (non-hydrogen) atoms. The van der Waals surface area contributed by atoms with Gasteiger partial charge in [0.25, 0.3) is 0 Å². The molecular formula is C12H9BrClN5. The fourth-order valence-corrected chi connectivity index (χ4v) is 2.26. The molecule has 3 rings (SSSR count). The molecule has 0 aliphatic carbocycles. The maximum Gasteiger partial charge on any atom is 0.173 e. The van der Waals surface area contributed by atoms with Gasteiger partial charge in [0.05, 0.1) is 10.7 Å². The van der Waals surface area contributed by atoms with Gasteiger partial charge in [0.15, 0.2) is 5.65 Å². The van der Waals surface area contributed by atoms with Crippen LogP contribution < -0.4 is 5.32 Å². The van der Waals surface area contributed by atoms with Crippen LogP contribution in [0.5, 0.6) is 0 Å². The van der Waals surface area contributed by atoms with Gasteiger partial charge in [-0.15, -0.1) is 0 Å². The van der Waals surface area contributed by atoms with E-state index in [1.807, 2.05) is 18.3 Å². The molecule has 1 N–H and O–H groups in total. The van der Waals surface area contributed by atoms with Crippen molar-refractivity contribution < 1.29 is 0 Å². The van der Waals surface area contributed by atoms with Gasteiger partial charge in [-0.25, -0.2) is 4.98 Å². The largest absolute Gasteiger partial charge is 0.366 e. The van der Waals surface area contributed by atoms with Crippen molar-refractivity contribution >= 4 is 39.0 Å². The first kappa shape index (κ1) is 12.4. The van der Waals surface area contributed by atoms with Crippen LogP contribution >= 0.6 is 27.5 Å². The van der Waals surface area contributed by atoms with Gasteiger partial charge in [-0.1, -0.05) is 17.7 Å². The number of hydrogen-bond acceptors (Lipinski definition) is 4. The van der Waals surface area contributed by atoms with Crippen molar-refractivity contribution in [2.24, 2.45) is 0 Å². The highest BCUT2D eigenvalue weighted by atomic mass is 79.9. The second-order valence-corrected chi connectivity index (χ2v) is 5.15. The van der Waals surface area contributed by atoms with E-state index in [1.54, 1.807) is 23.0 Å². The molecule has 0 spiro atoms. The van der Waals surface area contributed by atoms with Crippen LogP contribution in [0.3, 0.4) is 0 Å². The number of halogens is 2. The molecule has 0 aliphatic heterocycles. The molecule has 0 saturated carbocycles. The van der Waals surface area contributed by atoms with E-state index >= 15 is 0 Å². The number of nitrogens with one attached hydrogen (secondary N) is 1. The summed E-state index contributed by atoms with van der Waals surface area (Å²) in [7, 11) is 0. The second-order valence-electron chi connectivity index (χ2n) is 3.91. The fourth-order valence-electron chi connectivity index (χ4n) is 1.73. The van der Waals surface area contributed by atoms with Gasteiger partial charge in [0, 0.05) is 25.0 Å². The van der Waals surface area contributed by atoms with Crippen molar-refractivity contribution in [1.82, 2.24) is 19.6 Å². The predicted molar refractivity (Wildman–Crippen MR) is 77.3 cm³/mol. The molecule has 3 aromatic heterocycles. The van der Waals surface area contributed by atoms with Crippen LogP contribution in [0.25, 0.3) is 5.65 Å². The Hall–Kier alpha value is -1.66. The fraction of sp³-hybridized carbons (Fsp3) is 0.0833. The number of aromatic nitrogens is 4. The molecule has 0 fully saturated rings. The summed E-state index contributed by atoms with van der Waals surface area (Å²) in [5.41, 5.74) is 1.76. The first-order valence-electron chi connectivity index (χ1n) is 5.56. The smallest absolute Gasteiger partial charge is 0.173 e. The minimum Gasteiger partial charge on any atom is -0.366 e. The minimum atomic E-state index is 0.419. The Kier molecular flexibility index (Phi) is 3.35. The molecule has 7 heteroatoms. The molecule has 0 saturated heterocycles. The van der Waals surface area contributed by atoms with E-state index in [-0.39, 0.29) is 0 Å². The summed E-state index contributed by atoms with van der Waals surface area (Å²) in [4.78, 5) is 8.29. The van der Waals surface area contributed by atoms with Gasteiger partial charge < -0.3 is 5.32 Å². The summed E-state index contributed by atoms with van der Waals surface area (Å²) in [6, 6.07) is 5.64. The number of rotatable bonds is 3. The molecule has 3 aromatic rings. The van der Waals surface area contributed by atoms with Crippen molar-refractivity contribution in [1.29, 1.82) is 0 Å². The highest BCUT2D eigenvalue weighted by Crippen LogP contribution is 2.22. The van der Waals surface area contributed by atoms with E-state index in [0.29, 0.717) is 17.3 Å². The standard InChI is InChI=1S/C12H9BrClN5/c13-9-7-17-19-11(4-10(14)18-12(9)19)16-6-8-2-1-3-15-5-8/h1-5,7,16H,6H2. The maximum atomic E-state index is 6.01. The van der Waals surface area contributed by atoms with Crippen LogP contribution in [0.4, 0.5) is 5.82 Å². The molecule has 0 aromatic carbocycles. The number of fused-ring (bicyclic) bond motifs is 1. The van der Waals surface area contributed by atoms with E-state index in [9.17, 15) is 0 Å². The van der Waals surface area contributed by atoms with Crippen LogP contribution in [-0.2, 0) is 6.54 Å². The zero-order chi connectivity index (χ0) is 13.2. The molecule has 96 valence electrons. The molecule has 0 radical (unpaired) electrons. The molecule has 5 nitrogen and oxygen atoms in total. The van der Waals surface area contributed by atoms with Crippen LogP contribution in [0, 0.1) is 0 Å². The maximum absolute atomic E-state index is 6.01. The first-order valence-corrected chi connectivity index (χ1v) is 6.74. The Bertz CT molecular complexity index is 713. The third-order valence-corrected chi connectivity index (χ3v) is 3.35. The van der Waals surface area contributed by atoms with Gasteiger partial charge in [0.1, 0.15) is 11.0 Å². The minimum absolute atomic E-state index is 0.419. The van der Waals surface area contributed by atoms with Crippen LogP contribution in [0.1, 0.15) is 5.56 Å². The molecule has 0 atom stereocenters. The summed E-state index contributed by atoms with van der Waals surface area (Å²) in [6.07, 6.45) is 5.25. The molecular weight excluding hydrogens is 330 g/mol. The van der Waals surface area contributed by atoms with Gasteiger partial charge in [-0.2, -0.15) is 9.61 Å². The number of pyridine rings is 1. The average Bonchev–Trinajstić information content (AvgIpc) is 2.79. The zero-order valence-electron chi connectivity index (χ0n) is 9.72. The van der Waals surface area contributed by atoms with E-state index in [2.05, 4.69) is 36.3 Å².